The molecular formula is C12H24N2O2. The highest BCUT2D eigenvalue weighted by Crippen LogP contribution is 2.14. The molecule has 4 nitrogen and oxygen atoms in total. The Morgan fingerprint density at radius 3 is 2.31 bits per heavy atom. The Labute approximate surface area is 98.0 Å². The van der Waals surface area contributed by atoms with Gasteiger partial charge in [-0.05, 0) is 25.7 Å². The van der Waals surface area contributed by atoms with E-state index in [2.05, 4.69) is 5.32 Å². The minimum atomic E-state index is -0.282. The van der Waals surface area contributed by atoms with Gasteiger partial charge in [0, 0.05) is 18.6 Å². The SMILES string of the molecule is CCC(CC)(CO)NCC(=O)N1CCCC1. The first-order chi connectivity index (χ1) is 7.67. The van der Waals surface area contributed by atoms with Gasteiger partial charge in [0.15, 0.2) is 0 Å². The average Bonchev–Trinajstić information content (AvgIpc) is 2.85. The van der Waals surface area contributed by atoms with Crippen molar-refractivity contribution in [2.45, 2.75) is 45.1 Å². The van der Waals surface area contributed by atoms with Gasteiger partial charge in [-0.3, -0.25) is 4.79 Å². The number of nitrogens with one attached hydrogen (secondary N) is 1. The Bertz CT molecular complexity index is 213. The van der Waals surface area contributed by atoms with Crippen molar-refractivity contribution in [1.29, 1.82) is 0 Å². The molecule has 16 heavy (non-hydrogen) atoms. The summed E-state index contributed by atoms with van der Waals surface area (Å²) in [5, 5.41) is 12.6. The van der Waals surface area contributed by atoms with Gasteiger partial charge in [-0.1, -0.05) is 13.8 Å². The molecule has 1 heterocycles. The highest BCUT2D eigenvalue weighted by Gasteiger charge is 2.26. The molecule has 0 aromatic rings. The largest absolute Gasteiger partial charge is 0.394 e. The normalized spacial score (nSPS) is 16.8. The molecule has 2 N–H and O–H groups in total. The van der Waals surface area contributed by atoms with Crippen LogP contribution >= 0.6 is 0 Å². The second-order valence-electron chi connectivity index (χ2n) is 4.59. The number of aliphatic hydroxyl groups is 1. The van der Waals surface area contributed by atoms with E-state index in [0.29, 0.717) is 6.54 Å². The molecule has 1 saturated heterocycles. The van der Waals surface area contributed by atoms with Gasteiger partial charge in [0.1, 0.15) is 0 Å². The summed E-state index contributed by atoms with van der Waals surface area (Å²) in [6.45, 7) is 6.30. The van der Waals surface area contributed by atoms with Gasteiger partial charge in [0.25, 0.3) is 0 Å². The Balaban J connectivity index is 2.39. The third-order valence-electron chi connectivity index (χ3n) is 3.73. The third-order valence-corrected chi connectivity index (χ3v) is 3.73. The smallest absolute Gasteiger partial charge is 0.236 e. The third kappa shape index (κ3) is 3.19. The van der Waals surface area contributed by atoms with Gasteiger partial charge >= 0.3 is 0 Å². The van der Waals surface area contributed by atoms with E-state index >= 15 is 0 Å². The fourth-order valence-corrected chi connectivity index (χ4v) is 2.12. The maximum Gasteiger partial charge on any atom is 0.236 e. The summed E-state index contributed by atoms with van der Waals surface area (Å²) in [5.41, 5.74) is -0.282. The topological polar surface area (TPSA) is 52.6 Å². The van der Waals surface area contributed by atoms with Crippen LogP contribution in [0.4, 0.5) is 0 Å². The van der Waals surface area contributed by atoms with E-state index in [1.807, 2.05) is 18.7 Å². The highest BCUT2D eigenvalue weighted by atomic mass is 16.3. The number of nitrogens with zero attached hydrogens (tertiary/aromatic N) is 1. The maximum atomic E-state index is 11.8. The van der Waals surface area contributed by atoms with Gasteiger partial charge in [-0.25, -0.2) is 0 Å². The Morgan fingerprint density at radius 1 is 1.31 bits per heavy atom. The quantitative estimate of drug-likeness (QED) is 0.705. The molecule has 0 radical (unpaired) electrons. The van der Waals surface area contributed by atoms with Crippen molar-refractivity contribution in [2.75, 3.05) is 26.2 Å². The van der Waals surface area contributed by atoms with Crippen molar-refractivity contribution in [1.82, 2.24) is 10.2 Å². The van der Waals surface area contributed by atoms with Gasteiger partial charge in [0.2, 0.25) is 5.91 Å². The Hall–Kier alpha value is -0.610. The lowest BCUT2D eigenvalue weighted by molar-refractivity contribution is -0.129. The van der Waals surface area contributed by atoms with Crippen LogP contribution in [0, 0.1) is 0 Å². The van der Waals surface area contributed by atoms with Gasteiger partial charge in [0.05, 0.1) is 13.2 Å². The van der Waals surface area contributed by atoms with E-state index in [9.17, 15) is 9.90 Å². The molecule has 1 amide bonds. The van der Waals surface area contributed by atoms with Crippen molar-refractivity contribution < 1.29 is 9.90 Å². The van der Waals surface area contributed by atoms with Crippen molar-refractivity contribution in [2.24, 2.45) is 0 Å². The zero-order valence-electron chi connectivity index (χ0n) is 10.5. The van der Waals surface area contributed by atoms with Crippen LogP contribution in [-0.4, -0.2) is 47.7 Å². The molecule has 0 unspecified atom stereocenters. The number of hydrogen-bond acceptors (Lipinski definition) is 3. The predicted octanol–water partition coefficient (Wildman–Crippen LogP) is 0.749. The number of carbonyl (C=O) groups is 1. The van der Waals surface area contributed by atoms with Crippen LogP contribution in [0.3, 0.4) is 0 Å². The van der Waals surface area contributed by atoms with Gasteiger partial charge in [-0.2, -0.15) is 0 Å². The van der Waals surface area contributed by atoms with Crippen molar-refractivity contribution in [3.8, 4) is 0 Å². The van der Waals surface area contributed by atoms with E-state index in [1.54, 1.807) is 0 Å². The summed E-state index contributed by atoms with van der Waals surface area (Å²) >= 11 is 0. The van der Waals surface area contributed by atoms with Crippen LogP contribution in [0.1, 0.15) is 39.5 Å². The molecule has 94 valence electrons. The molecule has 0 atom stereocenters. The minimum Gasteiger partial charge on any atom is -0.394 e. The van der Waals surface area contributed by atoms with Crippen LogP contribution in [0.2, 0.25) is 0 Å². The predicted molar refractivity (Wildman–Crippen MR) is 64.2 cm³/mol. The first-order valence-electron chi connectivity index (χ1n) is 6.31. The number of hydrogen-bond donors (Lipinski definition) is 2. The molecule has 0 aromatic heterocycles. The number of rotatable bonds is 6. The number of aliphatic hydroxyl groups excluding tert-OH is 1. The van der Waals surface area contributed by atoms with E-state index in [-0.39, 0.29) is 18.1 Å². The molecule has 0 aliphatic carbocycles. The Kier molecular flexibility index (Phi) is 5.22. The lowest BCUT2D eigenvalue weighted by Crippen LogP contribution is -2.51. The fraction of sp³-hybridized carbons (Fsp3) is 0.917. The van der Waals surface area contributed by atoms with E-state index in [4.69, 9.17) is 0 Å². The van der Waals surface area contributed by atoms with Crippen LogP contribution < -0.4 is 5.32 Å². The number of amides is 1. The molecule has 0 bridgehead atoms. The second kappa shape index (κ2) is 6.21. The highest BCUT2D eigenvalue weighted by molar-refractivity contribution is 5.78. The average molecular weight is 228 g/mol. The number of likely N-dealkylation sites (tertiary alicyclic amines) is 1. The summed E-state index contributed by atoms with van der Waals surface area (Å²) < 4.78 is 0. The molecule has 1 aliphatic rings. The van der Waals surface area contributed by atoms with E-state index in [1.165, 1.54) is 0 Å². The molecule has 1 fully saturated rings. The monoisotopic (exact) mass is 228 g/mol. The van der Waals surface area contributed by atoms with E-state index < -0.39 is 0 Å². The summed E-state index contributed by atoms with van der Waals surface area (Å²) in [5.74, 6) is 0.164. The van der Waals surface area contributed by atoms with Crippen LogP contribution in [0.5, 0.6) is 0 Å². The molecule has 0 aromatic carbocycles. The minimum absolute atomic E-state index is 0.0906. The summed E-state index contributed by atoms with van der Waals surface area (Å²) in [6, 6.07) is 0. The van der Waals surface area contributed by atoms with Gasteiger partial charge in [-0.15, -0.1) is 0 Å². The zero-order valence-corrected chi connectivity index (χ0v) is 10.5. The summed E-state index contributed by atoms with van der Waals surface area (Å²) in [6.07, 6.45) is 3.93. The fourth-order valence-electron chi connectivity index (χ4n) is 2.12. The lowest BCUT2D eigenvalue weighted by Gasteiger charge is -2.31. The second-order valence-corrected chi connectivity index (χ2v) is 4.59. The lowest BCUT2D eigenvalue weighted by atomic mass is 9.94. The zero-order chi connectivity index (χ0) is 12.0. The molecule has 0 saturated carbocycles. The van der Waals surface area contributed by atoms with Crippen LogP contribution in [0.15, 0.2) is 0 Å². The van der Waals surface area contributed by atoms with Crippen molar-refractivity contribution >= 4 is 5.91 Å². The molecule has 4 heteroatoms. The Morgan fingerprint density at radius 2 is 1.88 bits per heavy atom. The first-order valence-corrected chi connectivity index (χ1v) is 6.31. The van der Waals surface area contributed by atoms with E-state index in [0.717, 1.165) is 38.8 Å². The first kappa shape index (κ1) is 13.5. The van der Waals surface area contributed by atoms with Crippen molar-refractivity contribution in [3.63, 3.8) is 0 Å². The summed E-state index contributed by atoms with van der Waals surface area (Å²) in [7, 11) is 0. The number of carbonyl (C=O) groups excluding carboxylic acids is 1. The standard InChI is InChI=1S/C12H24N2O2/c1-3-12(4-2,10-15)13-9-11(16)14-7-5-6-8-14/h13,15H,3-10H2,1-2H3. The molecular weight excluding hydrogens is 204 g/mol. The van der Waals surface area contributed by atoms with Crippen LogP contribution in [0.25, 0.3) is 0 Å². The summed E-state index contributed by atoms with van der Waals surface area (Å²) in [4.78, 5) is 13.7. The van der Waals surface area contributed by atoms with Gasteiger partial charge < -0.3 is 15.3 Å². The van der Waals surface area contributed by atoms with Crippen LogP contribution in [-0.2, 0) is 4.79 Å². The maximum absolute atomic E-state index is 11.8. The van der Waals surface area contributed by atoms with Crippen molar-refractivity contribution in [3.05, 3.63) is 0 Å². The molecule has 1 rings (SSSR count). The molecule has 1 aliphatic heterocycles. The molecule has 0 spiro atoms.